The van der Waals surface area contributed by atoms with Crippen LogP contribution in [0.3, 0.4) is 0 Å². The molecule has 1 spiro atoms. The van der Waals surface area contributed by atoms with Crippen LogP contribution in [0.1, 0.15) is 31.7 Å². The Kier molecular flexibility index (Phi) is 4.78. The number of likely N-dealkylation sites (tertiary alicyclic amines) is 1. The van der Waals surface area contributed by atoms with E-state index in [0.717, 1.165) is 32.4 Å². The Morgan fingerprint density at radius 3 is 2.71 bits per heavy atom. The molecule has 1 aromatic rings. The number of carbonyl (C=O) groups is 2. The van der Waals surface area contributed by atoms with Gasteiger partial charge in [-0.15, -0.1) is 0 Å². The topological polar surface area (TPSA) is 60.9 Å². The third-order valence-electron chi connectivity index (χ3n) is 5.43. The number of carbonyl (C=O) groups excluding carboxylic acids is 1. The Bertz CT molecular complexity index is 633. The molecule has 0 radical (unpaired) electrons. The van der Waals surface area contributed by atoms with Gasteiger partial charge in [-0.05, 0) is 60.2 Å². The lowest BCUT2D eigenvalue weighted by Gasteiger charge is -2.34. The van der Waals surface area contributed by atoms with Crippen LogP contribution in [0.15, 0.2) is 29.0 Å². The van der Waals surface area contributed by atoms with Crippen LogP contribution >= 0.6 is 11.3 Å². The molecule has 0 bridgehead atoms. The average molecular weight is 348 g/mol. The van der Waals surface area contributed by atoms with E-state index < -0.39 is 5.97 Å². The Labute approximate surface area is 146 Å². The number of carboxylic acids is 1. The normalized spacial score (nSPS) is 22.3. The SMILES string of the molecule is C=C(CN1CCC2(CC1)CC2N(Cc1ccsc1)C(C)=O)C(=O)O. The predicted octanol–water partition coefficient (Wildman–Crippen LogP) is 2.59. The fraction of sp³-hybridized carbons (Fsp3) is 0.556. The predicted molar refractivity (Wildman–Crippen MR) is 93.8 cm³/mol. The molecular formula is C18H24N2O3S. The molecule has 1 aliphatic carbocycles. The molecule has 1 saturated carbocycles. The van der Waals surface area contributed by atoms with Crippen molar-refractivity contribution in [3.8, 4) is 0 Å². The number of hydrogen-bond acceptors (Lipinski definition) is 4. The van der Waals surface area contributed by atoms with Crippen molar-refractivity contribution in [2.45, 2.75) is 38.8 Å². The molecule has 130 valence electrons. The molecule has 6 heteroatoms. The van der Waals surface area contributed by atoms with Gasteiger partial charge in [0.2, 0.25) is 5.91 Å². The van der Waals surface area contributed by atoms with Crippen molar-refractivity contribution in [1.29, 1.82) is 0 Å². The van der Waals surface area contributed by atoms with Gasteiger partial charge in [0.25, 0.3) is 0 Å². The van der Waals surface area contributed by atoms with E-state index in [4.69, 9.17) is 5.11 Å². The standard InChI is InChI=1S/C18H24N2O3S/c1-13(17(22)23)10-19-6-4-18(5-7-19)9-16(18)20(14(2)21)11-15-3-8-24-12-15/h3,8,12,16H,1,4-7,9-11H2,2H3,(H,22,23). The van der Waals surface area contributed by atoms with Crippen LogP contribution in [0.5, 0.6) is 0 Å². The summed E-state index contributed by atoms with van der Waals surface area (Å²) in [4.78, 5) is 27.2. The van der Waals surface area contributed by atoms with E-state index in [1.54, 1.807) is 18.3 Å². The highest BCUT2D eigenvalue weighted by atomic mass is 32.1. The van der Waals surface area contributed by atoms with Crippen LogP contribution in [-0.4, -0.2) is 52.5 Å². The minimum absolute atomic E-state index is 0.143. The van der Waals surface area contributed by atoms with Gasteiger partial charge in [0.1, 0.15) is 0 Å². The molecule has 3 rings (SSSR count). The molecule has 2 heterocycles. The van der Waals surface area contributed by atoms with Crippen molar-refractivity contribution < 1.29 is 14.7 Å². The van der Waals surface area contributed by atoms with Crippen molar-refractivity contribution in [1.82, 2.24) is 9.80 Å². The maximum absolute atomic E-state index is 12.1. The highest BCUT2D eigenvalue weighted by molar-refractivity contribution is 7.07. The van der Waals surface area contributed by atoms with Crippen molar-refractivity contribution in [3.63, 3.8) is 0 Å². The van der Waals surface area contributed by atoms with E-state index in [0.29, 0.717) is 19.1 Å². The highest BCUT2D eigenvalue weighted by Gasteiger charge is 2.58. The largest absolute Gasteiger partial charge is 0.478 e. The average Bonchev–Trinajstić information content (AvgIpc) is 2.97. The maximum atomic E-state index is 12.1. The molecule has 5 nitrogen and oxygen atoms in total. The summed E-state index contributed by atoms with van der Waals surface area (Å²) in [6.07, 6.45) is 3.13. The summed E-state index contributed by atoms with van der Waals surface area (Å²) in [5.41, 5.74) is 1.69. The zero-order chi connectivity index (χ0) is 17.3. The van der Waals surface area contributed by atoms with Crippen molar-refractivity contribution >= 4 is 23.2 Å². The fourth-order valence-electron chi connectivity index (χ4n) is 3.82. The van der Waals surface area contributed by atoms with Gasteiger partial charge in [-0.2, -0.15) is 11.3 Å². The molecule has 1 N–H and O–H groups in total. The second-order valence-electron chi connectivity index (χ2n) is 7.05. The van der Waals surface area contributed by atoms with Gasteiger partial charge in [0, 0.05) is 31.6 Å². The van der Waals surface area contributed by atoms with Gasteiger partial charge in [0.05, 0.1) is 0 Å². The van der Waals surface area contributed by atoms with Gasteiger partial charge in [-0.25, -0.2) is 4.79 Å². The first-order valence-corrected chi connectivity index (χ1v) is 9.27. The van der Waals surface area contributed by atoms with Crippen molar-refractivity contribution in [3.05, 3.63) is 34.5 Å². The van der Waals surface area contributed by atoms with Gasteiger partial charge in [0.15, 0.2) is 0 Å². The van der Waals surface area contributed by atoms with Gasteiger partial charge in [-0.3, -0.25) is 9.69 Å². The van der Waals surface area contributed by atoms with Crippen LogP contribution in [0, 0.1) is 5.41 Å². The van der Waals surface area contributed by atoms with Crippen LogP contribution in [-0.2, 0) is 16.1 Å². The molecule has 2 fully saturated rings. The molecule has 24 heavy (non-hydrogen) atoms. The van der Waals surface area contributed by atoms with E-state index in [1.807, 2.05) is 10.3 Å². The van der Waals surface area contributed by atoms with E-state index in [-0.39, 0.29) is 16.9 Å². The fourth-order valence-corrected chi connectivity index (χ4v) is 4.48. The van der Waals surface area contributed by atoms with Gasteiger partial charge in [-0.1, -0.05) is 6.58 Å². The molecule has 1 aromatic heterocycles. The minimum Gasteiger partial charge on any atom is -0.478 e. The number of hydrogen-bond donors (Lipinski definition) is 1. The van der Waals surface area contributed by atoms with Gasteiger partial charge >= 0.3 is 5.97 Å². The van der Waals surface area contributed by atoms with E-state index in [1.165, 1.54) is 5.56 Å². The molecule has 1 atom stereocenters. The minimum atomic E-state index is -0.918. The summed E-state index contributed by atoms with van der Waals surface area (Å²) in [5, 5.41) is 13.1. The van der Waals surface area contributed by atoms with E-state index in [2.05, 4.69) is 22.9 Å². The van der Waals surface area contributed by atoms with Crippen LogP contribution < -0.4 is 0 Å². The highest BCUT2D eigenvalue weighted by Crippen LogP contribution is 2.57. The quantitative estimate of drug-likeness (QED) is 0.803. The zero-order valence-electron chi connectivity index (χ0n) is 14.0. The Morgan fingerprint density at radius 1 is 1.46 bits per heavy atom. The number of aliphatic carboxylic acids is 1. The first kappa shape index (κ1) is 17.2. The summed E-state index contributed by atoms with van der Waals surface area (Å²) in [6.45, 7) is 8.17. The first-order chi connectivity index (χ1) is 11.4. The van der Waals surface area contributed by atoms with Crippen LogP contribution in [0.4, 0.5) is 0 Å². The Balaban J connectivity index is 1.56. The number of nitrogens with zero attached hydrogens (tertiary/aromatic N) is 2. The second kappa shape index (κ2) is 6.69. The lowest BCUT2D eigenvalue weighted by atomic mass is 9.92. The molecule has 1 aliphatic heterocycles. The summed E-state index contributed by atoms with van der Waals surface area (Å²) in [6, 6.07) is 2.41. The zero-order valence-corrected chi connectivity index (χ0v) is 14.8. The lowest BCUT2D eigenvalue weighted by molar-refractivity contribution is -0.133. The molecule has 0 aromatic carbocycles. The van der Waals surface area contributed by atoms with Crippen LogP contribution in [0.2, 0.25) is 0 Å². The smallest absolute Gasteiger partial charge is 0.332 e. The molecular weight excluding hydrogens is 324 g/mol. The monoisotopic (exact) mass is 348 g/mol. The summed E-state index contributed by atoms with van der Waals surface area (Å²) >= 11 is 1.66. The third kappa shape index (κ3) is 3.54. The van der Waals surface area contributed by atoms with Crippen LogP contribution in [0.25, 0.3) is 0 Å². The summed E-state index contributed by atoms with van der Waals surface area (Å²) in [7, 11) is 0. The first-order valence-electron chi connectivity index (χ1n) is 8.33. The number of rotatable bonds is 6. The molecule has 1 amide bonds. The molecule has 2 aliphatic rings. The summed E-state index contributed by atoms with van der Waals surface area (Å²) < 4.78 is 0. The third-order valence-corrected chi connectivity index (χ3v) is 6.16. The summed E-state index contributed by atoms with van der Waals surface area (Å²) in [5.74, 6) is -0.775. The van der Waals surface area contributed by atoms with Gasteiger partial charge < -0.3 is 10.0 Å². The van der Waals surface area contributed by atoms with E-state index >= 15 is 0 Å². The number of amides is 1. The lowest BCUT2D eigenvalue weighted by Crippen LogP contribution is -2.41. The van der Waals surface area contributed by atoms with E-state index in [9.17, 15) is 9.59 Å². The Morgan fingerprint density at radius 2 is 2.17 bits per heavy atom. The van der Waals surface area contributed by atoms with Crippen molar-refractivity contribution in [2.24, 2.45) is 5.41 Å². The maximum Gasteiger partial charge on any atom is 0.332 e. The Hall–Kier alpha value is -1.66. The second-order valence-corrected chi connectivity index (χ2v) is 7.83. The van der Waals surface area contributed by atoms with Crippen molar-refractivity contribution in [2.75, 3.05) is 19.6 Å². The molecule has 1 saturated heterocycles. The number of carboxylic acid groups (broad SMARTS) is 1. The number of piperidine rings is 1. The molecule has 1 unspecified atom stereocenters. The number of thiophene rings is 1.